The van der Waals surface area contributed by atoms with Crippen LogP contribution < -0.4 is 5.73 Å². The quantitative estimate of drug-likeness (QED) is 0.786. The molecule has 158 valence electrons. The SMILES string of the molecule is CCCCn1c(C2(N3CCC(C(N)=O)CC3)CCCC2)nc2cc(C)c(C)cc21. The van der Waals surface area contributed by atoms with Crippen molar-refractivity contribution in [2.24, 2.45) is 11.7 Å². The van der Waals surface area contributed by atoms with Crippen molar-refractivity contribution in [2.75, 3.05) is 13.1 Å². The number of aromatic nitrogens is 2. The van der Waals surface area contributed by atoms with Gasteiger partial charge in [-0.2, -0.15) is 0 Å². The number of likely N-dealkylation sites (tertiary alicyclic amines) is 1. The molecule has 29 heavy (non-hydrogen) atoms. The fraction of sp³-hybridized carbons (Fsp3) is 0.667. The van der Waals surface area contributed by atoms with Gasteiger partial charge in [0.05, 0.1) is 16.6 Å². The topological polar surface area (TPSA) is 64.2 Å². The van der Waals surface area contributed by atoms with Crippen LogP contribution in [0.15, 0.2) is 12.1 Å². The molecular formula is C24H36N4O. The maximum absolute atomic E-state index is 11.7. The molecule has 2 aromatic rings. The van der Waals surface area contributed by atoms with E-state index in [1.165, 1.54) is 61.0 Å². The molecule has 2 aliphatic rings. The van der Waals surface area contributed by atoms with E-state index in [0.29, 0.717) is 0 Å². The number of piperidine rings is 1. The van der Waals surface area contributed by atoms with Crippen LogP contribution in [0, 0.1) is 19.8 Å². The summed E-state index contributed by atoms with van der Waals surface area (Å²) in [6.45, 7) is 9.56. The van der Waals surface area contributed by atoms with Crippen molar-refractivity contribution in [3.8, 4) is 0 Å². The minimum Gasteiger partial charge on any atom is -0.369 e. The van der Waals surface area contributed by atoms with E-state index in [1.54, 1.807) is 0 Å². The molecule has 0 spiro atoms. The van der Waals surface area contributed by atoms with Crippen molar-refractivity contribution in [2.45, 2.75) is 84.2 Å². The zero-order valence-corrected chi connectivity index (χ0v) is 18.3. The molecule has 1 aliphatic heterocycles. The Morgan fingerprint density at radius 3 is 2.45 bits per heavy atom. The van der Waals surface area contributed by atoms with Gasteiger partial charge in [0, 0.05) is 12.5 Å². The number of primary amides is 1. The molecule has 2 heterocycles. The van der Waals surface area contributed by atoms with Gasteiger partial charge in [0.25, 0.3) is 0 Å². The fourth-order valence-corrected chi connectivity index (χ4v) is 5.51. The minimum absolute atomic E-state index is 0.0111. The summed E-state index contributed by atoms with van der Waals surface area (Å²) in [6.07, 6.45) is 8.96. The van der Waals surface area contributed by atoms with E-state index in [1.807, 2.05) is 0 Å². The van der Waals surface area contributed by atoms with E-state index in [9.17, 15) is 4.79 Å². The third-order valence-corrected chi connectivity index (χ3v) is 7.45. The van der Waals surface area contributed by atoms with Gasteiger partial charge in [-0.25, -0.2) is 4.98 Å². The number of aryl methyl sites for hydroxylation is 3. The van der Waals surface area contributed by atoms with E-state index >= 15 is 0 Å². The Bertz CT molecular complexity index is 886. The van der Waals surface area contributed by atoms with Crippen LogP contribution >= 0.6 is 0 Å². The largest absolute Gasteiger partial charge is 0.369 e. The third kappa shape index (κ3) is 3.58. The average molecular weight is 397 g/mol. The second-order valence-corrected chi connectivity index (χ2v) is 9.27. The first-order valence-corrected chi connectivity index (χ1v) is 11.5. The number of fused-ring (bicyclic) bond motifs is 1. The van der Waals surface area contributed by atoms with Gasteiger partial charge in [-0.3, -0.25) is 9.69 Å². The first-order valence-electron chi connectivity index (χ1n) is 11.5. The molecule has 1 amide bonds. The lowest BCUT2D eigenvalue weighted by Gasteiger charge is -2.44. The van der Waals surface area contributed by atoms with Crippen molar-refractivity contribution in [3.63, 3.8) is 0 Å². The Balaban J connectivity index is 1.78. The Morgan fingerprint density at radius 1 is 1.17 bits per heavy atom. The number of benzene rings is 1. The molecule has 4 rings (SSSR count). The molecule has 5 nitrogen and oxygen atoms in total. The predicted molar refractivity (Wildman–Crippen MR) is 118 cm³/mol. The van der Waals surface area contributed by atoms with Crippen LogP contribution in [0.5, 0.6) is 0 Å². The number of rotatable bonds is 6. The lowest BCUT2D eigenvalue weighted by Crippen LogP contribution is -2.51. The summed E-state index contributed by atoms with van der Waals surface area (Å²) in [6, 6.07) is 4.59. The van der Waals surface area contributed by atoms with Crippen LogP contribution in [-0.2, 0) is 16.9 Å². The highest BCUT2D eigenvalue weighted by Crippen LogP contribution is 2.46. The number of hydrogen-bond donors (Lipinski definition) is 1. The summed E-state index contributed by atoms with van der Waals surface area (Å²) >= 11 is 0. The molecule has 1 saturated carbocycles. The van der Waals surface area contributed by atoms with E-state index in [0.717, 1.165) is 38.0 Å². The van der Waals surface area contributed by atoms with Crippen LogP contribution in [0.1, 0.15) is 75.2 Å². The van der Waals surface area contributed by atoms with E-state index in [2.05, 4.69) is 42.4 Å². The Morgan fingerprint density at radius 2 is 1.83 bits per heavy atom. The lowest BCUT2D eigenvalue weighted by molar-refractivity contribution is -0.123. The highest BCUT2D eigenvalue weighted by molar-refractivity contribution is 5.78. The van der Waals surface area contributed by atoms with E-state index in [4.69, 9.17) is 10.7 Å². The molecule has 0 unspecified atom stereocenters. The zero-order chi connectivity index (χ0) is 20.6. The molecule has 2 N–H and O–H groups in total. The summed E-state index contributed by atoms with van der Waals surface area (Å²) in [5.74, 6) is 1.17. The van der Waals surface area contributed by atoms with Crippen molar-refractivity contribution in [3.05, 3.63) is 29.1 Å². The van der Waals surface area contributed by atoms with Gasteiger partial charge in [0.1, 0.15) is 5.82 Å². The maximum Gasteiger partial charge on any atom is 0.220 e. The molecule has 5 heteroatoms. The van der Waals surface area contributed by atoms with Crippen molar-refractivity contribution in [1.29, 1.82) is 0 Å². The number of carbonyl (C=O) groups is 1. The molecule has 0 atom stereocenters. The maximum atomic E-state index is 11.7. The van der Waals surface area contributed by atoms with Gasteiger partial charge < -0.3 is 10.3 Å². The fourth-order valence-electron chi connectivity index (χ4n) is 5.51. The van der Waals surface area contributed by atoms with Gasteiger partial charge in [0.2, 0.25) is 5.91 Å². The van der Waals surface area contributed by atoms with Gasteiger partial charge in [0.15, 0.2) is 0 Å². The normalized spacial score (nSPS) is 20.5. The summed E-state index contributed by atoms with van der Waals surface area (Å²) in [5.41, 5.74) is 10.7. The number of amides is 1. The predicted octanol–water partition coefficient (Wildman–Crippen LogP) is 4.42. The highest BCUT2D eigenvalue weighted by Gasteiger charge is 2.46. The van der Waals surface area contributed by atoms with Crippen LogP contribution in [0.25, 0.3) is 11.0 Å². The number of carbonyl (C=O) groups excluding carboxylic acids is 1. The Labute approximate surface area is 174 Å². The van der Waals surface area contributed by atoms with Gasteiger partial charge in [-0.05, 0) is 82.3 Å². The Hall–Kier alpha value is -1.88. The number of nitrogens with two attached hydrogens (primary N) is 1. The van der Waals surface area contributed by atoms with Gasteiger partial charge in [-0.1, -0.05) is 26.2 Å². The highest BCUT2D eigenvalue weighted by atomic mass is 16.1. The first-order chi connectivity index (χ1) is 14.0. The molecule has 1 aromatic heterocycles. The minimum atomic E-state index is -0.133. The molecule has 1 aliphatic carbocycles. The molecule has 1 saturated heterocycles. The number of unbranched alkanes of at least 4 members (excludes halogenated alkanes) is 1. The van der Waals surface area contributed by atoms with Crippen LogP contribution in [-0.4, -0.2) is 33.4 Å². The third-order valence-electron chi connectivity index (χ3n) is 7.45. The summed E-state index contributed by atoms with van der Waals surface area (Å²) in [5, 5.41) is 0. The van der Waals surface area contributed by atoms with Gasteiger partial charge >= 0.3 is 0 Å². The average Bonchev–Trinajstić information content (AvgIpc) is 3.33. The second-order valence-electron chi connectivity index (χ2n) is 9.27. The molecule has 0 radical (unpaired) electrons. The summed E-state index contributed by atoms with van der Waals surface area (Å²) < 4.78 is 2.52. The smallest absolute Gasteiger partial charge is 0.220 e. The number of hydrogen-bond acceptors (Lipinski definition) is 3. The molecule has 2 fully saturated rings. The summed E-state index contributed by atoms with van der Waals surface area (Å²) in [7, 11) is 0. The molecular weight excluding hydrogens is 360 g/mol. The zero-order valence-electron chi connectivity index (χ0n) is 18.3. The monoisotopic (exact) mass is 396 g/mol. The number of nitrogens with zero attached hydrogens (tertiary/aromatic N) is 3. The van der Waals surface area contributed by atoms with Crippen molar-refractivity contribution >= 4 is 16.9 Å². The first kappa shape index (κ1) is 20.4. The van der Waals surface area contributed by atoms with E-state index in [-0.39, 0.29) is 17.4 Å². The van der Waals surface area contributed by atoms with Crippen LogP contribution in [0.3, 0.4) is 0 Å². The molecule has 1 aromatic carbocycles. The van der Waals surface area contributed by atoms with Crippen molar-refractivity contribution in [1.82, 2.24) is 14.5 Å². The summed E-state index contributed by atoms with van der Waals surface area (Å²) in [4.78, 5) is 19.6. The van der Waals surface area contributed by atoms with Crippen molar-refractivity contribution < 1.29 is 4.79 Å². The second kappa shape index (κ2) is 8.10. The van der Waals surface area contributed by atoms with Crippen LogP contribution in [0.2, 0.25) is 0 Å². The van der Waals surface area contributed by atoms with E-state index < -0.39 is 0 Å². The Kier molecular flexibility index (Phi) is 5.69. The lowest BCUT2D eigenvalue weighted by atomic mass is 9.87. The standard InChI is InChI=1S/C24H36N4O/c1-4-5-12-28-21-16-18(3)17(2)15-20(21)26-23(28)24(10-6-7-11-24)27-13-8-19(9-14-27)22(25)29/h15-16,19H,4-14H2,1-3H3,(H2,25,29). The van der Waals surface area contributed by atoms with Gasteiger partial charge in [-0.15, -0.1) is 0 Å². The molecule has 0 bridgehead atoms. The van der Waals surface area contributed by atoms with Crippen LogP contribution in [0.4, 0.5) is 0 Å². The number of imidazole rings is 1.